The molecule has 0 bridgehead atoms. The summed E-state index contributed by atoms with van der Waals surface area (Å²) < 4.78 is 12.7. The third-order valence-electron chi connectivity index (χ3n) is 3.41. The molecule has 0 unspecified atom stereocenters. The summed E-state index contributed by atoms with van der Waals surface area (Å²) in [6.07, 6.45) is 4.42. The van der Waals surface area contributed by atoms with Gasteiger partial charge < -0.3 is 9.80 Å². The fourth-order valence-electron chi connectivity index (χ4n) is 2.18. The normalized spacial score (nSPS) is 20.1. The highest BCUT2D eigenvalue weighted by molar-refractivity contribution is 5.81. The molecule has 0 atom stereocenters. The fourth-order valence-corrected chi connectivity index (χ4v) is 2.18. The molecule has 2 aliphatic rings. The largest absolute Gasteiger partial charge is 0.339 e. The van der Waals surface area contributed by atoms with Crippen molar-refractivity contribution in [2.45, 2.75) is 12.8 Å². The summed E-state index contributed by atoms with van der Waals surface area (Å²) in [5.74, 6) is 0.671. The highest BCUT2D eigenvalue weighted by atomic mass is 19.1. The van der Waals surface area contributed by atoms with E-state index in [1.807, 2.05) is 9.80 Å². The average Bonchev–Trinajstić information content (AvgIpc) is 3.23. The number of piperazine rings is 1. The SMILES string of the molecule is O=C(C1CC1)N1CCN(c2ncc(F)cn2)CC1. The van der Waals surface area contributed by atoms with E-state index in [0.29, 0.717) is 32.1 Å². The summed E-state index contributed by atoms with van der Waals surface area (Å²) in [7, 11) is 0. The molecule has 5 nitrogen and oxygen atoms in total. The molecule has 1 amide bonds. The van der Waals surface area contributed by atoms with Gasteiger partial charge in [-0.25, -0.2) is 14.4 Å². The smallest absolute Gasteiger partial charge is 0.225 e. The summed E-state index contributed by atoms with van der Waals surface area (Å²) in [5.41, 5.74) is 0. The lowest BCUT2D eigenvalue weighted by Gasteiger charge is -2.34. The number of carbonyl (C=O) groups excluding carboxylic acids is 1. The summed E-state index contributed by atoms with van der Waals surface area (Å²) in [6, 6.07) is 0. The molecule has 1 saturated carbocycles. The topological polar surface area (TPSA) is 49.3 Å². The van der Waals surface area contributed by atoms with Crippen LogP contribution < -0.4 is 4.90 Å². The Hall–Kier alpha value is -1.72. The molecule has 18 heavy (non-hydrogen) atoms. The Kier molecular flexibility index (Phi) is 2.85. The zero-order valence-corrected chi connectivity index (χ0v) is 10.0. The van der Waals surface area contributed by atoms with E-state index in [1.165, 1.54) is 12.4 Å². The van der Waals surface area contributed by atoms with Gasteiger partial charge in [0.2, 0.25) is 11.9 Å². The van der Waals surface area contributed by atoms with E-state index in [-0.39, 0.29) is 11.8 Å². The Morgan fingerprint density at radius 3 is 2.33 bits per heavy atom. The molecule has 0 aromatic carbocycles. The lowest BCUT2D eigenvalue weighted by Crippen LogP contribution is -2.49. The summed E-state index contributed by atoms with van der Waals surface area (Å²) in [6.45, 7) is 2.83. The molecule has 2 heterocycles. The number of halogens is 1. The molecule has 1 aliphatic carbocycles. The summed E-state index contributed by atoms with van der Waals surface area (Å²) >= 11 is 0. The van der Waals surface area contributed by atoms with Crippen molar-refractivity contribution < 1.29 is 9.18 Å². The molecule has 0 spiro atoms. The van der Waals surface area contributed by atoms with Gasteiger partial charge in [0, 0.05) is 32.1 Å². The maximum atomic E-state index is 12.7. The Labute approximate surface area is 105 Å². The van der Waals surface area contributed by atoms with Crippen LogP contribution in [0.25, 0.3) is 0 Å². The van der Waals surface area contributed by atoms with Crippen LogP contribution in [0.4, 0.5) is 10.3 Å². The van der Waals surface area contributed by atoms with Crippen molar-refractivity contribution in [3.05, 3.63) is 18.2 Å². The van der Waals surface area contributed by atoms with E-state index in [2.05, 4.69) is 9.97 Å². The predicted octanol–water partition coefficient (Wildman–Crippen LogP) is 0.674. The standard InChI is InChI=1S/C12H15FN4O/c13-10-7-14-12(15-8-10)17-5-3-16(4-6-17)11(18)9-1-2-9/h7-9H,1-6H2. The zero-order valence-electron chi connectivity index (χ0n) is 10.0. The van der Waals surface area contributed by atoms with Crippen LogP contribution in [0.5, 0.6) is 0 Å². The molecule has 96 valence electrons. The number of hydrogen-bond donors (Lipinski definition) is 0. The first-order valence-electron chi connectivity index (χ1n) is 6.25. The van der Waals surface area contributed by atoms with Crippen LogP contribution >= 0.6 is 0 Å². The molecule has 3 rings (SSSR count). The van der Waals surface area contributed by atoms with Crippen LogP contribution in [-0.4, -0.2) is 47.0 Å². The van der Waals surface area contributed by atoms with Crippen LogP contribution in [0.15, 0.2) is 12.4 Å². The van der Waals surface area contributed by atoms with Crippen LogP contribution in [0.2, 0.25) is 0 Å². The van der Waals surface area contributed by atoms with Gasteiger partial charge in [0.05, 0.1) is 12.4 Å². The predicted molar refractivity (Wildman–Crippen MR) is 63.5 cm³/mol. The summed E-state index contributed by atoms with van der Waals surface area (Å²) in [4.78, 5) is 23.7. The Morgan fingerprint density at radius 2 is 1.78 bits per heavy atom. The van der Waals surface area contributed by atoms with Crippen LogP contribution in [0.3, 0.4) is 0 Å². The van der Waals surface area contributed by atoms with Gasteiger partial charge in [-0.15, -0.1) is 0 Å². The lowest BCUT2D eigenvalue weighted by atomic mass is 10.2. The minimum Gasteiger partial charge on any atom is -0.339 e. The molecule has 1 aliphatic heterocycles. The second kappa shape index (κ2) is 4.51. The number of carbonyl (C=O) groups is 1. The quantitative estimate of drug-likeness (QED) is 0.774. The molecule has 6 heteroatoms. The van der Waals surface area contributed by atoms with Crippen molar-refractivity contribution in [1.29, 1.82) is 0 Å². The van der Waals surface area contributed by atoms with Crippen molar-refractivity contribution in [3.63, 3.8) is 0 Å². The minimum atomic E-state index is -0.429. The van der Waals surface area contributed by atoms with Crippen molar-refractivity contribution in [1.82, 2.24) is 14.9 Å². The number of hydrogen-bond acceptors (Lipinski definition) is 4. The summed E-state index contributed by atoms with van der Waals surface area (Å²) in [5, 5.41) is 0. The van der Waals surface area contributed by atoms with E-state index in [4.69, 9.17) is 0 Å². The van der Waals surface area contributed by atoms with Crippen LogP contribution in [-0.2, 0) is 4.79 Å². The second-order valence-electron chi connectivity index (χ2n) is 4.79. The highest BCUT2D eigenvalue weighted by Crippen LogP contribution is 2.31. The van der Waals surface area contributed by atoms with Crippen molar-refractivity contribution in [3.8, 4) is 0 Å². The van der Waals surface area contributed by atoms with Crippen LogP contribution in [0, 0.1) is 11.7 Å². The first-order valence-corrected chi connectivity index (χ1v) is 6.25. The maximum absolute atomic E-state index is 12.7. The number of amides is 1. The van der Waals surface area contributed by atoms with Crippen molar-refractivity contribution in [2.75, 3.05) is 31.1 Å². The fraction of sp³-hybridized carbons (Fsp3) is 0.583. The molecular weight excluding hydrogens is 235 g/mol. The van der Waals surface area contributed by atoms with E-state index < -0.39 is 5.82 Å². The number of anilines is 1. The van der Waals surface area contributed by atoms with E-state index in [9.17, 15) is 9.18 Å². The maximum Gasteiger partial charge on any atom is 0.225 e. The van der Waals surface area contributed by atoms with Gasteiger partial charge in [0.25, 0.3) is 0 Å². The van der Waals surface area contributed by atoms with Crippen molar-refractivity contribution in [2.24, 2.45) is 5.92 Å². The molecule has 1 saturated heterocycles. The van der Waals surface area contributed by atoms with E-state index in [1.54, 1.807) is 0 Å². The number of nitrogens with zero attached hydrogens (tertiary/aromatic N) is 4. The second-order valence-corrected chi connectivity index (χ2v) is 4.79. The number of aromatic nitrogens is 2. The Morgan fingerprint density at radius 1 is 1.17 bits per heavy atom. The first kappa shape index (κ1) is 11.4. The first-order chi connectivity index (χ1) is 8.74. The van der Waals surface area contributed by atoms with Gasteiger partial charge >= 0.3 is 0 Å². The van der Waals surface area contributed by atoms with Gasteiger partial charge in [-0.05, 0) is 12.8 Å². The Balaban J connectivity index is 1.59. The third-order valence-corrected chi connectivity index (χ3v) is 3.41. The van der Waals surface area contributed by atoms with Gasteiger partial charge in [-0.1, -0.05) is 0 Å². The molecule has 0 N–H and O–H groups in total. The number of rotatable bonds is 2. The lowest BCUT2D eigenvalue weighted by molar-refractivity contribution is -0.132. The monoisotopic (exact) mass is 250 g/mol. The molecule has 1 aromatic heterocycles. The van der Waals surface area contributed by atoms with E-state index >= 15 is 0 Å². The molecular formula is C12H15FN4O. The third kappa shape index (κ3) is 2.27. The van der Waals surface area contributed by atoms with Gasteiger partial charge in [-0.2, -0.15) is 0 Å². The average molecular weight is 250 g/mol. The van der Waals surface area contributed by atoms with Gasteiger partial charge in [0.1, 0.15) is 0 Å². The molecule has 0 radical (unpaired) electrons. The zero-order chi connectivity index (χ0) is 12.5. The minimum absolute atomic E-state index is 0.277. The van der Waals surface area contributed by atoms with Crippen LogP contribution in [0.1, 0.15) is 12.8 Å². The van der Waals surface area contributed by atoms with E-state index in [0.717, 1.165) is 12.8 Å². The molecule has 2 fully saturated rings. The van der Waals surface area contributed by atoms with Gasteiger partial charge in [-0.3, -0.25) is 4.79 Å². The molecule has 1 aromatic rings. The highest BCUT2D eigenvalue weighted by Gasteiger charge is 2.34. The Bertz CT molecular complexity index is 438. The van der Waals surface area contributed by atoms with Crippen molar-refractivity contribution >= 4 is 11.9 Å². The van der Waals surface area contributed by atoms with Gasteiger partial charge in [0.15, 0.2) is 5.82 Å².